The van der Waals surface area contributed by atoms with Crippen molar-refractivity contribution in [3.63, 3.8) is 0 Å². The van der Waals surface area contributed by atoms with Crippen molar-refractivity contribution >= 4 is 34.4 Å². The van der Waals surface area contributed by atoms with Gasteiger partial charge >= 0.3 is 0 Å². The second-order valence-corrected chi connectivity index (χ2v) is 7.54. The number of fused-ring (bicyclic) bond motifs is 1. The van der Waals surface area contributed by atoms with Gasteiger partial charge in [0.15, 0.2) is 0 Å². The van der Waals surface area contributed by atoms with E-state index in [0.29, 0.717) is 0 Å². The number of anilines is 2. The second kappa shape index (κ2) is 9.34. The van der Waals surface area contributed by atoms with Crippen molar-refractivity contribution in [2.75, 3.05) is 44.4 Å². The highest BCUT2D eigenvalue weighted by molar-refractivity contribution is 6.03. The quantitative estimate of drug-likeness (QED) is 0.617. The third-order valence-electron chi connectivity index (χ3n) is 4.72. The molecule has 0 aliphatic heterocycles. The predicted octanol–water partition coefficient (Wildman–Crippen LogP) is 4.19. The first-order valence-corrected chi connectivity index (χ1v) is 9.73. The zero-order valence-corrected chi connectivity index (χ0v) is 17.5. The Bertz CT molecular complexity index is 1010. The number of likely N-dealkylation sites (N-methyl/N-ethyl adjacent to an activating group) is 2. The third-order valence-corrected chi connectivity index (χ3v) is 4.72. The van der Waals surface area contributed by atoms with Gasteiger partial charge in [0.2, 0.25) is 5.91 Å². The van der Waals surface area contributed by atoms with E-state index in [4.69, 9.17) is 4.98 Å². The largest absolute Gasteiger partial charge is 0.358 e. The smallest absolute Gasteiger partial charge is 0.248 e. The average molecular weight is 389 g/mol. The summed E-state index contributed by atoms with van der Waals surface area (Å²) < 4.78 is 0. The topological polar surface area (TPSA) is 48.5 Å². The summed E-state index contributed by atoms with van der Waals surface area (Å²) >= 11 is 0. The fourth-order valence-corrected chi connectivity index (χ4v) is 2.90. The van der Waals surface area contributed by atoms with Crippen LogP contribution in [0.1, 0.15) is 11.1 Å². The van der Waals surface area contributed by atoms with Gasteiger partial charge in [0.1, 0.15) is 5.82 Å². The number of hydrogen-bond acceptors (Lipinski definition) is 4. The van der Waals surface area contributed by atoms with Gasteiger partial charge in [-0.05, 0) is 63.0 Å². The van der Waals surface area contributed by atoms with E-state index in [1.54, 1.807) is 6.08 Å². The van der Waals surface area contributed by atoms with Crippen molar-refractivity contribution in [3.05, 3.63) is 71.8 Å². The molecule has 0 fully saturated rings. The average Bonchev–Trinajstić information content (AvgIpc) is 2.71. The van der Waals surface area contributed by atoms with Gasteiger partial charge in [-0.1, -0.05) is 29.8 Å². The molecule has 0 radical (unpaired) electrons. The second-order valence-electron chi connectivity index (χ2n) is 7.54. The van der Waals surface area contributed by atoms with Gasteiger partial charge in [0, 0.05) is 37.3 Å². The monoisotopic (exact) mass is 388 g/mol. The third kappa shape index (κ3) is 5.90. The molecule has 1 amide bonds. The van der Waals surface area contributed by atoms with Crippen LogP contribution in [0.15, 0.2) is 60.7 Å². The molecule has 0 aliphatic carbocycles. The van der Waals surface area contributed by atoms with E-state index in [1.807, 2.05) is 74.6 Å². The molecule has 5 heteroatoms. The SMILES string of the molecule is Cc1ccc(C=CC(=O)Nc2ccc3nc(N(C)CCN(C)C)ccc3c2)cc1. The molecule has 150 valence electrons. The number of carbonyl (C=O) groups is 1. The number of nitrogens with one attached hydrogen (secondary N) is 1. The van der Waals surface area contributed by atoms with Crippen LogP contribution in [0.5, 0.6) is 0 Å². The van der Waals surface area contributed by atoms with E-state index < -0.39 is 0 Å². The Morgan fingerprint density at radius 3 is 2.48 bits per heavy atom. The summed E-state index contributed by atoms with van der Waals surface area (Å²) in [5, 5.41) is 3.91. The minimum Gasteiger partial charge on any atom is -0.358 e. The van der Waals surface area contributed by atoms with Crippen LogP contribution in [0.2, 0.25) is 0 Å². The summed E-state index contributed by atoms with van der Waals surface area (Å²) in [6.07, 6.45) is 3.36. The van der Waals surface area contributed by atoms with Gasteiger partial charge < -0.3 is 15.1 Å². The molecule has 1 heterocycles. The number of aromatic nitrogens is 1. The first kappa shape index (κ1) is 20.6. The van der Waals surface area contributed by atoms with E-state index in [-0.39, 0.29) is 5.91 Å². The lowest BCUT2D eigenvalue weighted by Crippen LogP contribution is -2.28. The van der Waals surface area contributed by atoms with Crippen LogP contribution in [0.25, 0.3) is 17.0 Å². The van der Waals surface area contributed by atoms with E-state index >= 15 is 0 Å². The van der Waals surface area contributed by atoms with Crippen LogP contribution in [0, 0.1) is 6.92 Å². The molecular weight excluding hydrogens is 360 g/mol. The van der Waals surface area contributed by atoms with E-state index in [1.165, 1.54) is 5.56 Å². The first-order valence-electron chi connectivity index (χ1n) is 9.73. The molecule has 0 unspecified atom stereocenters. The fraction of sp³-hybridized carbons (Fsp3) is 0.250. The molecule has 3 aromatic rings. The van der Waals surface area contributed by atoms with Crippen molar-refractivity contribution in [2.45, 2.75) is 6.92 Å². The van der Waals surface area contributed by atoms with Crippen molar-refractivity contribution in [1.29, 1.82) is 0 Å². The number of aryl methyl sites for hydroxylation is 1. The van der Waals surface area contributed by atoms with Crippen LogP contribution < -0.4 is 10.2 Å². The van der Waals surface area contributed by atoms with Crippen molar-refractivity contribution in [1.82, 2.24) is 9.88 Å². The van der Waals surface area contributed by atoms with Crippen LogP contribution in [0.4, 0.5) is 11.5 Å². The van der Waals surface area contributed by atoms with Gasteiger partial charge in [-0.15, -0.1) is 0 Å². The van der Waals surface area contributed by atoms with Gasteiger partial charge in [0.25, 0.3) is 0 Å². The Hall–Kier alpha value is -3.18. The Morgan fingerprint density at radius 2 is 1.76 bits per heavy atom. The van der Waals surface area contributed by atoms with Crippen LogP contribution in [0.3, 0.4) is 0 Å². The Balaban J connectivity index is 1.67. The number of hydrogen-bond donors (Lipinski definition) is 1. The van der Waals surface area contributed by atoms with Crippen LogP contribution >= 0.6 is 0 Å². The Labute approximate surface area is 172 Å². The molecule has 29 heavy (non-hydrogen) atoms. The first-order chi connectivity index (χ1) is 13.9. The van der Waals surface area contributed by atoms with E-state index in [0.717, 1.165) is 41.1 Å². The molecule has 0 bridgehead atoms. The summed E-state index contributed by atoms with van der Waals surface area (Å²) in [7, 11) is 6.17. The zero-order chi connectivity index (χ0) is 20.8. The number of nitrogens with zero attached hydrogens (tertiary/aromatic N) is 3. The molecule has 1 aromatic heterocycles. The number of benzene rings is 2. The lowest BCUT2D eigenvalue weighted by atomic mass is 10.1. The number of carbonyl (C=O) groups excluding carboxylic acids is 1. The zero-order valence-electron chi connectivity index (χ0n) is 17.5. The van der Waals surface area contributed by atoms with E-state index in [9.17, 15) is 4.79 Å². The molecule has 5 nitrogen and oxygen atoms in total. The molecule has 0 saturated carbocycles. The summed E-state index contributed by atoms with van der Waals surface area (Å²) in [5.41, 5.74) is 3.86. The highest BCUT2D eigenvalue weighted by Crippen LogP contribution is 2.21. The summed E-state index contributed by atoms with van der Waals surface area (Å²) in [5.74, 6) is 0.787. The normalized spacial score (nSPS) is 11.3. The minimum absolute atomic E-state index is 0.155. The summed E-state index contributed by atoms with van der Waals surface area (Å²) in [6.45, 7) is 3.92. The maximum absolute atomic E-state index is 12.2. The Morgan fingerprint density at radius 1 is 1.00 bits per heavy atom. The predicted molar refractivity (Wildman–Crippen MR) is 122 cm³/mol. The molecule has 1 N–H and O–H groups in total. The molecule has 0 saturated heterocycles. The van der Waals surface area contributed by atoms with Gasteiger partial charge in [0.05, 0.1) is 5.52 Å². The van der Waals surface area contributed by atoms with Gasteiger partial charge in [-0.3, -0.25) is 4.79 Å². The molecule has 3 rings (SSSR count). The molecule has 0 spiro atoms. The van der Waals surface area contributed by atoms with Gasteiger partial charge in [-0.2, -0.15) is 0 Å². The van der Waals surface area contributed by atoms with Crippen molar-refractivity contribution < 1.29 is 4.79 Å². The van der Waals surface area contributed by atoms with Crippen LogP contribution in [-0.4, -0.2) is 50.0 Å². The Kier molecular flexibility index (Phi) is 6.62. The lowest BCUT2D eigenvalue weighted by Gasteiger charge is -2.20. The summed E-state index contributed by atoms with van der Waals surface area (Å²) in [4.78, 5) is 21.3. The highest BCUT2D eigenvalue weighted by Gasteiger charge is 2.06. The maximum Gasteiger partial charge on any atom is 0.248 e. The van der Waals surface area contributed by atoms with Gasteiger partial charge in [-0.25, -0.2) is 4.98 Å². The molecular formula is C24H28N4O. The summed E-state index contributed by atoms with van der Waals surface area (Å²) in [6, 6.07) is 17.9. The maximum atomic E-state index is 12.2. The molecule has 0 aliphatic rings. The number of amides is 1. The standard InChI is InChI=1S/C24H28N4O/c1-18-5-7-19(8-6-18)9-14-24(29)25-21-11-12-22-20(17-21)10-13-23(26-22)28(4)16-15-27(2)3/h5-14,17H,15-16H2,1-4H3,(H,25,29). The van der Waals surface area contributed by atoms with E-state index in [2.05, 4.69) is 29.2 Å². The lowest BCUT2D eigenvalue weighted by molar-refractivity contribution is -0.111. The van der Waals surface area contributed by atoms with Crippen LogP contribution in [-0.2, 0) is 4.79 Å². The molecule has 2 aromatic carbocycles. The number of pyridine rings is 1. The highest BCUT2D eigenvalue weighted by atomic mass is 16.1. The number of rotatable bonds is 7. The van der Waals surface area contributed by atoms with Crippen molar-refractivity contribution in [2.24, 2.45) is 0 Å². The molecule has 0 atom stereocenters. The minimum atomic E-state index is -0.155. The van der Waals surface area contributed by atoms with Crippen molar-refractivity contribution in [3.8, 4) is 0 Å². The fourth-order valence-electron chi connectivity index (χ4n) is 2.90.